The summed E-state index contributed by atoms with van der Waals surface area (Å²) in [5, 5.41) is 0. The molecular weight excluding hydrogens is 304 g/mol. The number of methoxy groups -OCH3 is 1. The van der Waals surface area contributed by atoms with Crippen LogP contribution >= 0.6 is 0 Å². The SMILES string of the molecule is COc1ccc(OC(=O)c2cccc(Oc3ccccc3)c2)cc1. The minimum absolute atomic E-state index is 0.416. The van der Waals surface area contributed by atoms with Crippen molar-refractivity contribution in [2.24, 2.45) is 0 Å². The van der Waals surface area contributed by atoms with Crippen LogP contribution < -0.4 is 14.2 Å². The number of esters is 1. The standard InChI is InChI=1S/C20H16O4/c1-22-16-10-12-18(13-11-16)24-20(21)15-6-5-9-19(14-15)23-17-7-3-2-4-8-17/h2-14H,1H3. The van der Waals surface area contributed by atoms with Gasteiger partial charge in [0.15, 0.2) is 0 Å². The highest BCUT2D eigenvalue weighted by atomic mass is 16.5. The summed E-state index contributed by atoms with van der Waals surface area (Å²) in [6, 6.07) is 23.1. The summed E-state index contributed by atoms with van der Waals surface area (Å²) in [6.07, 6.45) is 0. The third-order valence-corrected chi connectivity index (χ3v) is 3.32. The van der Waals surface area contributed by atoms with Crippen LogP contribution in [0.25, 0.3) is 0 Å². The molecule has 3 aromatic carbocycles. The highest BCUT2D eigenvalue weighted by Gasteiger charge is 2.10. The van der Waals surface area contributed by atoms with Gasteiger partial charge in [0.05, 0.1) is 12.7 Å². The zero-order chi connectivity index (χ0) is 16.8. The number of carbonyl (C=O) groups is 1. The number of carbonyl (C=O) groups excluding carboxylic acids is 1. The van der Waals surface area contributed by atoms with E-state index in [4.69, 9.17) is 14.2 Å². The second kappa shape index (κ2) is 7.33. The van der Waals surface area contributed by atoms with Crippen LogP contribution in [0.5, 0.6) is 23.0 Å². The highest BCUT2D eigenvalue weighted by Crippen LogP contribution is 2.23. The highest BCUT2D eigenvalue weighted by molar-refractivity contribution is 5.91. The molecule has 3 aromatic rings. The van der Waals surface area contributed by atoms with Crippen LogP contribution in [-0.4, -0.2) is 13.1 Å². The van der Waals surface area contributed by atoms with E-state index >= 15 is 0 Å². The lowest BCUT2D eigenvalue weighted by atomic mass is 10.2. The van der Waals surface area contributed by atoms with Gasteiger partial charge in [-0.3, -0.25) is 0 Å². The minimum atomic E-state index is -0.446. The zero-order valence-electron chi connectivity index (χ0n) is 13.1. The van der Waals surface area contributed by atoms with Crippen LogP contribution in [0.1, 0.15) is 10.4 Å². The van der Waals surface area contributed by atoms with E-state index in [2.05, 4.69) is 0 Å². The van der Waals surface area contributed by atoms with Crippen molar-refractivity contribution in [1.82, 2.24) is 0 Å². The molecule has 3 rings (SSSR count). The van der Waals surface area contributed by atoms with Crippen LogP contribution in [0.2, 0.25) is 0 Å². The largest absolute Gasteiger partial charge is 0.497 e. The maximum absolute atomic E-state index is 12.3. The second-order valence-corrected chi connectivity index (χ2v) is 5.01. The molecule has 0 heterocycles. The van der Waals surface area contributed by atoms with Crippen molar-refractivity contribution >= 4 is 5.97 Å². The van der Waals surface area contributed by atoms with E-state index in [1.54, 1.807) is 55.6 Å². The monoisotopic (exact) mass is 320 g/mol. The smallest absolute Gasteiger partial charge is 0.343 e. The summed E-state index contributed by atoms with van der Waals surface area (Å²) in [5.74, 6) is 1.99. The molecule has 0 amide bonds. The van der Waals surface area contributed by atoms with E-state index in [9.17, 15) is 4.79 Å². The fraction of sp³-hybridized carbons (Fsp3) is 0.0500. The van der Waals surface area contributed by atoms with Crippen LogP contribution in [0.4, 0.5) is 0 Å². The fourth-order valence-corrected chi connectivity index (χ4v) is 2.12. The van der Waals surface area contributed by atoms with Gasteiger partial charge in [0.25, 0.3) is 0 Å². The molecule has 0 atom stereocenters. The Kier molecular flexibility index (Phi) is 4.77. The Morgan fingerprint density at radius 1 is 0.708 bits per heavy atom. The maximum atomic E-state index is 12.3. The second-order valence-electron chi connectivity index (χ2n) is 5.01. The van der Waals surface area contributed by atoms with Crippen LogP contribution in [0.15, 0.2) is 78.9 Å². The van der Waals surface area contributed by atoms with Gasteiger partial charge < -0.3 is 14.2 Å². The Balaban J connectivity index is 1.71. The summed E-state index contributed by atoms with van der Waals surface area (Å²) in [6.45, 7) is 0. The summed E-state index contributed by atoms with van der Waals surface area (Å²) in [7, 11) is 1.58. The first-order valence-electron chi connectivity index (χ1n) is 7.44. The minimum Gasteiger partial charge on any atom is -0.497 e. The predicted molar refractivity (Wildman–Crippen MR) is 90.9 cm³/mol. The number of ether oxygens (including phenoxy) is 3. The van der Waals surface area contributed by atoms with Crippen molar-refractivity contribution in [2.45, 2.75) is 0 Å². The van der Waals surface area contributed by atoms with E-state index in [0.717, 1.165) is 0 Å². The third kappa shape index (κ3) is 3.93. The summed E-state index contributed by atoms with van der Waals surface area (Å²) < 4.78 is 16.2. The topological polar surface area (TPSA) is 44.8 Å². The van der Waals surface area contributed by atoms with Crippen molar-refractivity contribution in [2.75, 3.05) is 7.11 Å². The maximum Gasteiger partial charge on any atom is 0.343 e. The third-order valence-electron chi connectivity index (χ3n) is 3.32. The van der Waals surface area contributed by atoms with E-state index in [0.29, 0.717) is 28.6 Å². The molecule has 0 fully saturated rings. The number of rotatable bonds is 5. The average Bonchev–Trinajstić information content (AvgIpc) is 2.63. The van der Waals surface area contributed by atoms with E-state index in [-0.39, 0.29) is 0 Å². The molecule has 0 N–H and O–H groups in total. The number of para-hydroxylation sites is 1. The molecule has 0 saturated heterocycles. The Bertz CT molecular complexity index is 811. The van der Waals surface area contributed by atoms with E-state index in [1.807, 2.05) is 30.3 Å². The molecule has 0 radical (unpaired) electrons. The molecule has 0 aliphatic heterocycles. The van der Waals surface area contributed by atoms with Crippen LogP contribution in [-0.2, 0) is 0 Å². The van der Waals surface area contributed by atoms with Crippen molar-refractivity contribution < 1.29 is 19.0 Å². The van der Waals surface area contributed by atoms with Crippen molar-refractivity contribution in [3.63, 3.8) is 0 Å². The Morgan fingerprint density at radius 2 is 1.38 bits per heavy atom. The van der Waals surface area contributed by atoms with Crippen molar-refractivity contribution in [1.29, 1.82) is 0 Å². The van der Waals surface area contributed by atoms with Gasteiger partial charge >= 0.3 is 5.97 Å². The number of hydrogen-bond donors (Lipinski definition) is 0. The molecule has 0 aliphatic rings. The van der Waals surface area contributed by atoms with Gasteiger partial charge in [-0.05, 0) is 54.6 Å². The lowest BCUT2D eigenvalue weighted by molar-refractivity contribution is 0.0734. The Labute approximate surface area is 140 Å². The first-order valence-corrected chi connectivity index (χ1v) is 7.44. The molecular formula is C20H16O4. The molecule has 120 valence electrons. The van der Waals surface area contributed by atoms with Crippen LogP contribution in [0, 0.1) is 0 Å². The molecule has 4 heteroatoms. The lowest BCUT2D eigenvalue weighted by Crippen LogP contribution is -2.08. The van der Waals surface area contributed by atoms with Gasteiger partial charge in [0.1, 0.15) is 23.0 Å². The van der Waals surface area contributed by atoms with Gasteiger partial charge in [-0.15, -0.1) is 0 Å². The van der Waals surface area contributed by atoms with Gasteiger partial charge in [-0.25, -0.2) is 4.79 Å². The first kappa shape index (κ1) is 15.6. The molecule has 0 bridgehead atoms. The molecule has 4 nitrogen and oxygen atoms in total. The van der Waals surface area contributed by atoms with Crippen molar-refractivity contribution in [3.05, 3.63) is 84.4 Å². The van der Waals surface area contributed by atoms with E-state index in [1.165, 1.54) is 0 Å². The average molecular weight is 320 g/mol. The number of benzene rings is 3. The van der Waals surface area contributed by atoms with Gasteiger partial charge in [0, 0.05) is 0 Å². The Hall–Kier alpha value is -3.27. The molecule has 0 spiro atoms. The molecule has 0 unspecified atom stereocenters. The summed E-state index contributed by atoms with van der Waals surface area (Å²) in [5.41, 5.74) is 0.416. The first-order chi connectivity index (χ1) is 11.7. The van der Waals surface area contributed by atoms with Gasteiger partial charge in [-0.2, -0.15) is 0 Å². The summed E-state index contributed by atoms with van der Waals surface area (Å²) in [4.78, 5) is 12.3. The lowest BCUT2D eigenvalue weighted by Gasteiger charge is -2.08. The summed E-state index contributed by atoms with van der Waals surface area (Å²) >= 11 is 0. The quantitative estimate of drug-likeness (QED) is 0.504. The fourth-order valence-electron chi connectivity index (χ4n) is 2.12. The normalized spacial score (nSPS) is 10.0. The zero-order valence-corrected chi connectivity index (χ0v) is 13.1. The molecule has 0 aliphatic carbocycles. The van der Waals surface area contributed by atoms with Gasteiger partial charge in [0.2, 0.25) is 0 Å². The molecule has 24 heavy (non-hydrogen) atoms. The Morgan fingerprint density at radius 3 is 2.08 bits per heavy atom. The molecule has 0 aromatic heterocycles. The van der Waals surface area contributed by atoms with Crippen molar-refractivity contribution in [3.8, 4) is 23.0 Å². The molecule has 0 saturated carbocycles. The van der Waals surface area contributed by atoms with Crippen LogP contribution in [0.3, 0.4) is 0 Å². The van der Waals surface area contributed by atoms with Gasteiger partial charge in [-0.1, -0.05) is 24.3 Å². The predicted octanol–water partition coefficient (Wildman–Crippen LogP) is 4.71. The number of hydrogen-bond acceptors (Lipinski definition) is 4. The van der Waals surface area contributed by atoms with E-state index < -0.39 is 5.97 Å².